The van der Waals surface area contributed by atoms with Crippen molar-refractivity contribution in [3.05, 3.63) is 0 Å². The molecule has 0 saturated carbocycles. The molecule has 0 N–H and O–H groups in total. The van der Waals surface area contributed by atoms with Gasteiger partial charge in [0.25, 0.3) is 0 Å². The Morgan fingerprint density at radius 1 is 1.78 bits per heavy atom. The minimum Gasteiger partial charge on any atom is -0.279 e. The van der Waals surface area contributed by atoms with Gasteiger partial charge in [0.2, 0.25) is 5.24 Å². The van der Waals surface area contributed by atoms with Crippen LogP contribution in [0.25, 0.3) is 0 Å². The van der Waals surface area contributed by atoms with Gasteiger partial charge in [-0.1, -0.05) is 6.92 Å². The summed E-state index contributed by atoms with van der Waals surface area (Å²) in [5.41, 5.74) is 0. The highest BCUT2D eigenvalue weighted by Crippen LogP contribution is 2.38. The third-order valence-corrected chi connectivity index (χ3v) is 4.75. The van der Waals surface area contributed by atoms with Crippen LogP contribution in [0.5, 0.6) is 0 Å². The van der Waals surface area contributed by atoms with E-state index in [1.165, 1.54) is 0 Å². The average Bonchev–Trinajstić information content (AvgIpc) is 2.14. The molecule has 1 saturated heterocycles. The number of thioether (sulfide) groups is 2. The third kappa shape index (κ3) is 2.06. The zero-order valence-electron chi connectivity index (χ0n) is 4.96. The summed E-state index contributed by atoms with van der Waals surface area (Å²) in [6, 6.07) is 0. The minimum atomic E-state index is -0.214. The van der Waals surface area contributed by atoms with Crippen LogP contribution in [0.1, 0.15) is 6.92 Å². The van der Waals surface area contributed by atoms with E-state index in [9.17, 15) is 4.79 Å². The molecule has 0 aromatic heterocycles. The second-order valence-electron chi connectivity index (χ2n) is 1.92. The molecule has 1 rings (SSSR count). The number of hydrogen-bond donors (Lipinski definition) is 0. The van der Waals surface area contributed by atoms with Gasteiger partial charge < -0.3 is 0 Å². The van der Waals surface area contributed by atoms with Gasteiger partial charge in [0.05, 0.1) is 0 Å². The highest BCUT2D eigenvalue weighted by Gasteiger charge is 2.27. The quantitative estimate of drug-likeness (QED) is 0.577. The molecular formula is C5H7ClOS2. The van der Waals surface area contributed by atoms with E-state index in [0.717, 1.165) is 5.75 Å². The van der Waals surface area contributed by atoms with Crippen LogP contribution in [-0.4, -0.2) is 20.8 Å². The first kappa shape index (κ1) is 7.76. The summed E-state index contributed by atoms with van der Waals surface area (Å²) in [5, 5.41) is 0.372. The molecule has 52 valence electrons. The lowest BCUT2D eigenvalue weighted by atomic mass is 10.6. The average molecular weight is 183 g/mol. The van der Waals surface area contributed by atoms with Gasteiger partial charge in [-0.2, -0.15) is 0 Å². The molecule has 1 nitrogen and oxygen atoms in total. The number of rotatable bonds is 1. The molecule has 0 unspecified atom stereocenters. The first-order chi connectivity index (χ1) is 4.20. The standard InChI is InChI=1S/C5H7ClOS2/c1-3-2-8-5(9-3)4(6)7/h3,5H,2H2,1H3/t3-,5+/m0/s1. The molecule has 1 aliphatic rings. The van der Waals surface area contributed by atoms with Crippen LogP contribution in [0, 0.1) is 0 Å². The second-order valence-corrected chi connectivity index (χ2v) is 5.27. The first-order valence-corrected chi connectivity index (χ1v) is 5.03. The van der Waals surface area contributed by atoms with Crippen LogP contribution < -0.4 is 0 Å². The number of carbonyl (C=O) groups is 1. The van der Waals surface area contributed by atoms with Gasteiger partial charge in [0.15, 0.2) is 0 Å². The molecule has 0 bridgehead atoms. The highest BCUT2D eigenvalue weighted by molar-refractivity contribution is 8.21. The molecule has 4 heteroatoms. The van der Waals surface area contributed by atoms with Gasteiger partial charge in [-0.3, -0.25) is 4.79 Å². The van der Waals surface area contributed by atoms with Crippen molar-refractivity contribution in [3.63, 3.8) is 0 Å². The molecule has 1 aliphatic heterocycles. The fourth-order valence-electron chi connectivity index (χ4n) is 0.631. The summed E-state index contributed by atoms with van der Waals surface area (Å²) in [7, 11) is 0. The normalized spacial score (nSPS) is 34.9. The largest absolute Gasteiger partial charge is 0.279 e. The van der Waals surface area contributed by atoms with Crippen molar-refractivity contribution in [1.29, 1.82) is 0 Å². The van der Waals surface area contributed by atoms with E-state index < -0.39 is 0 Å². The summed E-state index contributed by atoms with van der Waals surface area (Å²) in [4.78, 5) is 10.5. The number of carbonyl (C=O) groups excluding carboxylic acids is 1. The van der Waals surface area contributed by atoms with Gasteiger partial charge >= 0.3 is 0 Å². The molecule has 0 aromatic carbocycles. The molecule has 0 amide bonds. The van der Waals surface area contributed by atoms with Gasteiger partial charge in [-0.05, 0) is 11.6 Å². The molecule has 0 spiro atoms. The van der Waals surface area contributed by atoms with Gasteiger partial charge in [-0.25, -0.2) is 0 Å². The smallest absolute Gasteiger partial charge is 0.244 e. The highest BCUT2D eigenvalue weighted by atomic mass is 35.5. The molecule has 1 heterocycles. The van der Waals surface area contributed by atoms with Crippen LogP contribution >= 0.6 is 35.1 Å². The number of halogens is 1. The van der Waals surface area contributed by atoms with E-state index in [2.05, 4.69) is 6.92 Å². The summed E-state index contributed by atoms with van der Waals surface area (Å²) >= 11 is 8.56. The summed E-state index contributed by atoms with van der Waals surface area (Å²) in [6.07, 6.45) is 0. The van der Waals surface area contributed by atoms with Crippen molar-refractivity contribution < 1.29 is 4.79 Å². The molecule has 0 radical (unpaired) electrons. The van der Waals surface area contributed by atoms with Crippen LogP contribution in [0.15, 0.2) is 0 Å². The molecule has 1 fully saturated rings. The fourth-order valence-corrected chi connectivity index (χ4v) is 3.75. The Balaban J connectivity index is 2.39. The Kier molecular flexibility index (Phi) is 2.73. The maximum absolute atomic E-state index is 10.5. The summed E-state index contributed by atoms with van der Waals surface area (Å²) in [6.45, 7) is 2.11. The summed E-state index contributed by atoms with van der Waals surface area (Å²) < 4.78 is 0.00154. The van der Waals surface area contributed by atoms with Crippen molar-refractivity contribution in [2.45, 2.75) is 16.8 Å². The van der Waals surface area contributed by atoms with Crippen molar-refractivity contribution in [2.24, 2.45) is 0 Å². The monoisotopic (exact) mass is 182 g/mol. The van der Waals surface area contributed by atoms with Gasteiger partial charge in [-0.15, -0.1) is 23.5 Å². The van der Waals surface area contributed by atoms with Crippen molar-refractivity contribution in [2.75, 3.05) is 5.75 Å². The van der Waals surface area contributed by atoms with Crippen molar-refractivity contribution in [3.8, 4) is 0 Å². The van der Waals surface area contributed by atoms with E-state index in [-0.39, 0.29) is 9.82 Å². The lowest BCUT2D eigenvalue weighted by Crippen LogP contribution is -2.01. The number of hydrogen-bond acceptors (Lipinski definition) is 3. The Hall–Kier alpha value is 0.660. The minimum absolute atomic E-state index is 0.00154. The topological polar surface area (TPSA) is 17.1 Å². The van der Waals surface area contributed by atoms with E-state index in [1.807, 2.05) is 0 Å². The lowest BCUT2D eigenvalue weighted by Gasteiger charge is -1.98. The molecule has 0 aromatic rings. The van der Waals surface area contributed by atoms with E-state index in [4.69, 9.17) is 11.6 Å². The Morgan fingerprint density at radius 2 is 2.44 bits per heavy atom. The van der Waals surface area contributed by atoms with Crippen LogP contribution in [0.4, 0.5) is 0 Å². The molecule has 2 atom stereocenters. The molecule has 9 heavy (non-hydrogen) atoms. The van der Waals surface area contributed by atoms with Crippen LogP contribution in [-0.2, 0) is 4.79 Å². The van der Waals surface area contributed by atoms with Gasteiger partial charge in [0, 0.05) is 11.0 Å². The second kappa shape index (κ2) is 3.17. The SMILES string of the molecule is C[C@H]1CS[C@@H](C(=O)Cl)S1. The van der Waals surface area contributed by atoms with Crippen molar-refractivity contribution >= 4 is 40.4 Å². The van der Waals surface area contributed by atoms with E-state index in [0.29, 0.717) is 5.25 Å². The first-order valence-electron chi connectivity index (χ1n) is 2.66. The predicted molar refractivity (Wildman–Crippen MR) is 44.2 cm³/mol. The van der Waals surface area contributed by atoms with E-state index >= 15 is 0 Å². The molecular weight excluding hydrogens is 176 g/mol. The Morgan fingerprint density at radius 3 is 2.67 bits per heavy atom. The Labute approximate surface area is 67.9 Å². The maximum atomic E-state index is 10.5. The van der Waals surface area contributed by atoms with Crippen molar-refractivity contribution in [1.82, 2.24) is 0 Å². The third-order valence-electron chi connectivity index (χ3n) is 1.02. The fraction of sp³-hybridized carbons (Fsp3) is 0.800. The predicted octanol–water partition coefficient (Wildman–Crippen LogP) is 1.95. The summed E-state index contributed by atoms with van der Waals surface area (Å²) in [5.74, 6) is 1.05. The van der Waals surface area contributed by atoms with E-state index in [1.54, 1.807) is 23.5 Å². The van der Waals surface area contributed by atoms with Gasteiger partial charge in [0.1, 0.15) is 4.58 Å². The molecule has 0 aliphatic carbocycles. The zero-order chi connectivity index (χ0) is 6.85. The van der Waals surface area contributed by atoms with Crippen LogP contribution in [0.2, 0.25) is 0 Å². The maximum Gasteiger partial charge on any atom is 0.244 e. The zero-order valence-corrected chi connectivity index (χ0v) is 7.35. The van der Waals surface area contributed by atoms with Crippen LogP contribution in [0.3, 0.4) is 0 Å². The Bertz CT molecular complexity index is 128. The lowest BCUT2D eigenvalue weighted by molar-refractivity contribution is -0.109.